The van der Waals surface area contributed by atoms with Gasteiger partial charge in [-0.2, -0.15) is 0 Å². The quantitative estimate of drug-likeness (QED) is 0.773. The lowest BCUT2D eigenvalue weighted by Crippen LogP contribution is -2.06. The van der Waals surface area contributed by atoms with Crippen molar-refractivity contribution in [3.63, 3.8) is 0 Å². The summed E-state index contributed by atoms with van der Waals surface area (Å²) in [6.45, 7) is 0. The van der Waals surface area contributed by atoms with Gasteiger partial charge >= 0.3 is 5.97 Å². The maximum absolute atomic E-state index is 11.6. The lowest BCUT2D eigenvalue weighted by molar-refractivity contribution is 0.0590. The second-order valence-corrected chi connectivity index (χ2v) is 3.97. The second-order valence-electron chi connectivity index (χ2n) is 3.59. The summed E-state index contributed by atoms with van der Waals surface area (Å²) in [4.78, 5) is 11.6. The Morgan fingerprint density at radius 2 is 2.06 bits per heavy atom. The summed E-state index contributed by atoms with van der Waals surface area (Å²) in [5.41, 5.74) is 1.31. The summed E-state index contributed by atoms with van der Waals surface area (Å²) in [6.07, 6.45) is 0. The fourth-order valence-electron chi connectivity index (χ4n) is 1.81. The summed E-state index contributed by atoms with van der Waals surface area (Å²) in [6, 6.07) is 5.32. The molecule has 1 aromatic carbocycles. The molecule has 0 unspecified atom stereocenters. The minimum atomic E-state index is -0.390. The molecule has 90 valence electrons. The number of esters is 1. The van der Waals surface area contributed by atoms with Gasteiger partial charge in [0.15, 0.2) is 0 Å². The maximum Gasteiger partial charge on any atom is 0.354 e. The molecule has 0 saturated carbocycles. The highest BCUT2D eigenvalue weighted by Crippen LogP contribution is 2.34. The SMILES string of the molecule is COC(=O)c1cc2c(Cl)c(OC)ccc2n1C. The number of benzene rings is 1. The van der Waals surface area contributed by atoms with Gasteiger partial charge in [0, 0.05) is 12.4 Å². The first kappa shape index (κ1) is 11.8. The number of aromatic nitrogens is 1. The Morgan fingerprint density at radius 1 is 1.35 bits per heavy atom. The molecular weight excluding hydrogens is 242 g/mol. The second kappa shape index (κ2) is 4.30. The standard InChI is InChI=1S/C12H12ClNO3/c1-14-8-4-5-10(16-2)11(13)7(8)6-9(14)12(15)17-3/h4-6H,1-3H3. The van der Waals surface area contributed by atoms with Crippen molar-refractivity contribution in [3.05, 3.63) is 28.9 Å². The van der Waals surface area contributed by atoms with Crippen LogP contribution in [0.4, 0.5) is 0 Å². The Bertz CT molecular complexity index is 589. The van der Waals surface area contributed by atoms with Crippen molar-refractivity contribution in [2.24, 2.45) is 7.05 Å². The minimum Gasteiger partial charge on any atom is -0.495 e. The molecular formula is C12H12ClNO3. The van der Waals surface area contributed by atoms with E-state index in [1.807, 2.05) is 6.07 Å². The Hall–Kier alpha value is -1.68. The van der Waals surface area contributed by atoms with E-state index < -0.39 is 5.97 Å². The molecule has 0 spiro atoms. The topological polar surface area (TPSA) is 40.5 Å². The van der Waals surface area contributed by atoms with E-state index in [0.29, 0.717) is 16.5 Å². The summed E-state index contributed by atoms with van der Waals surface area (Å²) in [7, 11) is 4.69. The molecule has 0 radical (unpaired) electrons. The molecule has 2 rings (SSSR count). The number of halogens is 1. The van der Waals surface area contributed by atoms with Gasteiger partial charge in [-0.05, 0) is 18.2 Å². The summed E-state index contributed by atoms with van der Waals surface area (Å²) in [5.74, 6) is 0.194. The van der Waals surface area contributed by atoms with Crippen LogP contribution in [0.3, 0.4) is 0 Å². The first-order valence-electron chi connectivity index (χ1n) is 5.00. The lowest BCUT2D eigenvalue weighted by atomic mass is 10.2. The van der Waals surface area contributed by atoms with Gasteiger partial charge in [-0.1, -0.05) is 11.6 Å². The van der Waals surface area contributed by atoms with Gasteiger partial charge in [-0.3, -0.25) is 0 Å². The molecule has 0 aliphatic heterocycles. The number of aryl methyl sites for hydroxylation is 1. The number of hydrogen-bond acceptors (Lipinski definition) is 3. The van der Waals surface area contributed by atoms with E-state index in [1.54, 1.807) is 30.9 Å². The number of carbonyl (C=O) groups is 1. The van der Waals surface area contributed by atoms with E-state index in [4.69, 9.17) is 21.1 Å². The van der Waals surface area contributed by atoms with E-state index in [9.17, 15) is 4.79 Å². The molecule has 0 aliphatic carbocycles. The Labute approximate surface area is 104 Å². The first-order valence-corrected chi connectivity index (χ1v) is 5.38. The molecule has 2 aromatic rings. The first-order chi connectivity index (χ1) is 8.10. The smallest absolute Gasteiger partial charge is 0.354 e. The van der Waals surface area contributed by atoms with Gasteiger partial charge in [-0.15, -0.1) is 0 Å². The van der Waals surface area contributed by atoms with Crippen LogP contribution in [0.25, 0.3) is 10.9 Å². The average molecular weight is 254 g/mol. The van der Waals surface area contributed by atoms with Crippen molar-refractivity contribution in [2.45, 2.75) is 0 Å². The average Bonchev–Trinajstić information content (AvgIpc) is 2.68. The van der Waals surface area contributed by atoms with Crippen molar-refractivity contribution in [1.29, 1.82) is 0 Å². The maximum atomic E-state index is 11.6. The third-order valence-corrected chi connectivity index (χ3v) is 3.13. The van der Waals surface area contributed by atoms with Crippen molar-refractivity contribution < 1.29 is 14.3 Å². The van der Waals surface area contributed by atoms with E-state index in [1.165, 1.54) is 7.11 Å². The highest BCUT2D eigenvalue weighted by atomic mass is 35.5. The minimum absolute atomic E-state index is 0.390. The largest absolute Gasteiger partial charge is 0.495 e. The molecule has 5 heteroatoms. The molecule has 0 aliphatic rings. The van der Waals surface area contributed by atoms with E-state index >= 15 is 0 Å². The number of fused-ring (bicyclic) bond motifs is 1. The Balaban J connectivity index is 2.73. The zero-order chi connectivity index (χ0) is 12.6. The van der Waals surface area contributed by atoms with Crippen LogP contribution in [0.5, 0.6) is 5.75 Å². The predicted molar refractivity (Wildman–Crippen MR) is 65.8 cm³/mol. The number of hydrogen-bond donors (Lipinski definition) is 0. The number of nitrogens with zero attached hydrogens (tertiary/aromatic N) is 1. The van der Waals surface area contributed by atoms with Gasteiger partial charge in [-0.25, -0.2) is 4.79 Å². The summed E-state index contributed by atoms with van der Waals surface area (Å²) >= 11 is 6.18. The van der Waals surface area contributed by atoms with Crippen LogP contribution < -0.4 is 4.74 Å². The van der Waals surface area contributed by atoms with Crippen molar-refractivity contribution in [3.8, 4) is 5.75 Å². The normalized spacial score (nSPS) is 10.6. The van der Waals surface area contributed by atoms with Gasteiger partial charge < -0.3 is 14.0 Å². The summed E-state index contributed by atoms with van der Waals surface area (Å²) < 4.78 is 11.6. The number of rotatable bonds is 2. The van der Waals surface area contributed by atoms with Crippen molar-refractivity contribution in [1.82, 2.24) is 4.57 Å². The molecule has 0 atom stereocenters. The van der Waals surface area contributed by atoms with Gasteiger partial charge in [0.2, 0.25) is 0 Å². The Morgan fingerprint density at radius 3 is 2.65 bits per heavy atom. The van der Waals surface area contributed by atoms with Crippen LogP contribution in [0.1, 0.15) is 10.5 Å². The van der Waals surface area contributed by atoms with Crippen LogP contribution in [0.15, 0.2) is 18.2 Å². The van der Waals surface area contributed by atoms with Gasteiger partial charge in [0.1, 0.15) is 11.4 Å². The predicted octanol–water partition coefficient (Wildman–Crippen LogP) is 2.63. The van der Waals surface area contributed by atoms with Crippen LogP contribution in [-0.4, -0.2) is 24.8 Å². The van der Waals surface area contributed by atoms with Gasteiger partial charge in [0.25, 0.3) is 0 Å². The fourth-order valence-corrected chi connectivity index (χ4v) is 2.11. The number of methoxy groups -OCH3 is 2. The third-order valence-electron chi connectivity index (χ3n) is 2.74. The third kappa shape index (κ3) is 1.74. The van der Waals surface area contributed by atoms with E-state index in [-0.39, 0.29) is 0 Å². The lowest BCUT2D eigenvalue weighted by Gasteiger charge is -2.04. The fraction of sp³-hybridized carbons (Fsp3) is 0.250. The molecule has 4 nitrogen and oxygen atoms in total. The molecule has 0 bridgehead atoms. The molecule has 0 fully saturated rings. The van der Waals surface area contributed by atoms with Crippen LogP contribution in [-0.2, 0) is 11.8 Å². The zero-order valence-electron chi connectivity index (χ0n) is 9.78. The summed E-state index contributed by atoms with van der Waals surface area (Å²) in [5, 5.41) is 1.27. The number of carbonyl (C=O) groups excluding carboxylic acids is 1. The van der Waals surface area contributed by atoms with E-state index in [2.05, 4.69) is 0 Å². The van der Waals surface area contributed by atoms with Gasteiger partial charge in [0.05, 0.1) is 24.8 Å². The van der Waals surface area contributed by atoms with Crippen LogP contribution in [0, 0.1) is 0 Å². The molecule has 1 heterocycles. The van der Waals surface area contributed by atoms with E-state index in [0.717, 1.165) is 10.9 Å². The number of ether oxygens (including phenoxy) is 2. The molecule has 1 aromatic heterocycles. The highest BCUT2D eigenvalue weighted by Gasteiger charge is 2.16. The monoisotopic (exact) mass is 253 g/mol. The molecule has 0 saturated heterocycles. The molecule has 0 amide bonds. The molecule has 0 N–H and O–H groups in total. The highest BCUT2D eigenvalue weighted by molar-refractivity contribution is 6.37. The zero-order valence-corrected chi connectivity index (χ0v) is 10.5. The van der Waals surface area contributed by atoms with Crippen molar-refractivity contribution in [2.75, 3.05) is 14.2 Å². The van der Waals surface area contributed by atoms with Crippen LogP contribution >= 0.6 is 11.6 Å². The molecule has 17 heavy (non-hydrogen) atoms. The van der Waals surface area contributed by atoms with Crippen molar-refractivity contribution >= 4 is 28.5 Å². The Kier molecular flexibility index (Phi) is 2.98. The van der Waals surface area contributed by atoms with Crippen LogP contribution in [0.2, 0.25) is 5.02 Å².